The fourth-order valence-electron chi connectivity index (χ4n) is 1.33. The van der Waals surface area contributed by atoms with Gasteiger partial charge in [0.05, 0.1) is 6.61 Å². The molecule has 4 heteroatoms. The Labute approximate surface area is 86.6 Å². The standard InChI is InChI=1S/C10H11NO2S/c11-7-3-1-2-4-8(7)14-9-5-6-13-10(9)12/h1-4,9H,5-6,11H2. The number of nitrogen functional groups attached to an aromatic ring is 1. The second-order valence-corrected chi connectivity index (χ2v) is 4.35. The van der Waals surface area contributed by atoms with Crippen LogP contribution in [0.5, 0.6) is 0 Å². The Balaban J connectivity index is 2.10. The summed E-state index contributed by atoms with van der Waals surface area (Å²) < 4.78 is 4.88. The number of rotatable bonds is 2. The van der Waals surface area contributed by atoms with Gasteiger partial charge < -0.3 is 10.5 Å². The van der Waals surface area contributed by atoms with Crippen LogP contribution < -0.4 is 5.73 Å². The first-order valence-electron chi connectivity index (χ1n) is 4.45. The average molecular weight is 209 g/mol. The molecule has 3 nitrogen and oxygen atoms in total. The van der Waals surface area contributed by atoms with Gasteiger partial charge in [-0.15, -0.1) is 11.8 Å². The molecule has 0 amide bonds. The second-order valence-electron chi connectivity index (χ2n) is 3.10. The van der Waals surface area contributed by atoms with Gasteiger partial charge in [-0.05, 0) is 12.1 Å². The van der Waals surface area contributed by atoms with E-state index in [1.54, 1.807) is 0 Å². The van der Waals surface area contributed by atoms with Gasteiger partial charge in [-0.2, -0.15) is 0 Å². The van der Waals surface area contributed by atoms with Crippen LogP contribution in [0.25, 0.3) is 0 Å². The van der Waals surface area contributed by atoms with E-state index in [1.165, 1.54) is 11.8 Å². The van der Waals surface area contributed by atoms with Gasteiger partial charge in [-0.3, -0.25) is 4.79 Å². The molecule has 0 bridgehead atoms. The topological polar surface area (TPSA) is 52.3 Å². The van der Waals surface area contributed by atoms with E-state index in [0.717, 1.165) is 17.0 Å². The molecule has 1 unspecified atom stereocenters. The van der Waals surface area contributed by atoms with Gasteiger partial charge in [-0.1, -0.05) is 12.1 Å². The number of ether oxygens (including phenoxy) is 1. The number of cyclic esters (lactones) is 1. The molecule has 0 aliphatic carbocycles. The summed E-state index contributed by atoms with van der Waals surface area (Å²) in [6.07, 6.45) is 0.776. The smallest absolute Gasteiger partial charge is 0.319 e. The molecule has 0 aromatic heterocycles. The van der Waals surface area contributed by atoms with E-state index in [-0.39, 0.29) is 11.2 Å². The minimum atomic E-state index is -0.127. The number of benzene rings is 1. The molecule has 0 saturated carbocycles. The quantitative estimate of drug-likeness (QED) is 0.594. The molecule has 2 N–H and O–H groups in total. The molecule has 14 heavy (non-hydrogen) atoms. The summed E-state index contributed by atoms with van der Waals surface area (Å²) in [5.41, 5.74) is 6.49. The first-order chi connectivity index (χ1) is 6.77. The Hall–Kier alpha value is -1.16. The third-order valence-electron chi connectivity index (χ3n) is 2.08. The molecule has 1 aliphatic heterocycles. The summed E-state index contributed by atoms with van der Waals surface area (Å²) in [5, 5.41) is -0.0836. The highest BCUT2D eigenvalue weighted by Gasteiger charge is 2.27. The molecule has 1 fully saturated rings. The van der Waals surface area contributed by atoms with E-state index in [2.05, 4.69) is 0 Å². The third kappa shape index (κ3) is 1.85. The maximum Gasteiger partial charge on any atom is 0.319 e. The molecule has 1 aromatic carbocycles. The highest BCUT2D eigenvalue weighted by Crippen LogP contribution is 2.32. The molecule has 1 heterocycles. The van der Waals surface area contributed by atoms with E-state index >= 15 is 0 Å². The highest BCUT2D eigenvalue weighted by molar-refractivity contribution is 8.00. The van der Waals surface area contributed by atoms with Gasteiger partial charge in [0.25, 0.3) is 0 Å². The SMILES string of the molecule is Nc1ccccc1SC1CCOC1=O. The summed E-state index contributed by atoms with van der Waals surface area (Å²) >= 11 is 1.49. The molecule has 1 saturated heterocycles. The Morgan fingerprint density at radius 1 is 1.43 bits per heavy atom. The van der Waals surface area contributed by atoms with E-state index in [9.17, 15) is 4.79 Å². The molecular formula is C10H11NO2S. The zero-order valence-corrected chi connectivity index (χ0v) is 8.42. The number of para-hydroxylation sites is 1. The first-order valence-corrected chi connectivity index (χ1v) is 5.33. The van der Waals surface area contributed by atoms with Gasteiger partial charge in [0.1, 0.15) is 5.25 Å². The summed E-state index contributed by atoms with van der Waals surface area (Å²) in [5.74, 6) is -0.127. The van der Waals surface area contributed by atoms with Gasteiger partial charge in [0.15, 0.2) is 0 Å². The fourth-order valence-corrected chi connectivity index (χ4v) is 2.37. The summed E-state index contributed by atoms with van der Waals surface area (Å²) in [6, 6.07) is 7.56. The van der Waals surface area contributed by atoms with E-state index < -0.39 is 0 Å². The molecule has 74 valence electrons. The lowest BCUT2D eigenvalue weighted by atomic mass is 10.3. The predicted molar refractivity (Wildman–Crippen MR) is 56.1 cm³/mol. The van der Waals surface area contributed by atoms with Crippen LogP contribution in [-0.2, 0) is 9.53 Å². The van der Waals surface area contributed by atoms with E-state index in [4.69, 9.17) is 10.5 Å². The Kier molecular flexibility index (Phi) is 2.63. The molecule has 2 rings (SSSR count). The average Bonchev–Trinajstić information content (AvgIpc) is 2.56. The van der Waals surface area contributed by atoms with Crippen molar-refractivity contribution in [2.24, 2.45) is 0 Å². The van der Waals surface area contributed by atoms with Crippen molar-refractivity contribution in [3.05, 3.63) is 24.3 Å². The van der Waals surface area contributed by atoms with Crippen molar-refractivity contribution >= 4 is 23.4 Å². The van der Waals surface area contributed by atoms with Crippen LogP contribution >= 0.6 is 11.8 Å². The van der Waals surface area contributed by atoms with Gasteiger partial charge in [0, 0.05) is 17.0 Å². The van der Waals surface area contributed by atoms with Crippen LogP contribution in [0.15, 0.2) is 29.2 Å². The number of carbonyl (C=O) groups is 1. The van der Waals surface area contributed by atoms with Crippen molar-refractivity contribution in [3.8, 4) is 0 Å². The highest BCUT2D eigenvalue weighted by atomic mass is 32.2. The Morgan fingerprint density at radius 2 is 2.21 bits per heavy atom. The molecule has 1 atom stereocenters. The Bertz CT molecular complexity index is 354. The Morgan fingerprint density at radius 3 is 2.86 bits per heavy atom. The maximum absolute atomic E-state index is 11.2. The minimum Gasteiger partial charge on any atom is -0.465 e. The molecule has 1 aliphatic rings. The second kappa shape index (κ2) is 3.92. The fraction of sp³-hybridized carbons (Fsp3) is 0.300. The summed E-state index contributed by atoms with van der Waals surface area (Å²) in [6.45, 7) is 0.531. The van der Waals surface area contributed by atoms with Gasteiger partial charge in [-0.25, -0.2) is 0 Å². The van der Waals surface area contributed by atoms with Crippen molar-refractivity contribution in [3.63, 3.8) is 0 Å². The summed E-state index contributed by atoms with van der Waals surface area (Å²) in [4.78, 5) is 12.2. The van der Waals surface area contributed by atoms with Crippen molar-refractivity contribution in [2.75, 3.05) is 12.3 Å². The van der Waals surface area contributed by atoms with E-state index in [1.807, 2.05) is 24.3 Å². The van der Waals surface area contributed by atoms with Crippen molar-refractivity contribution in [2.45, 2.75) is 16.6 Å². The number of anilines is 1. The maximum atomic E-state index is 11.2. The third-order valence-corrected chi connectivity index (χ3v) is 3.41. The minimum absolute atomic E-state index is 0.0836. The van der Waals surface area contributed by atoms with Crippen LogP contribution in [0.2, 0.25) is 0 Å². The van der Waals surface area contributed by atoms with Crippen LogP contribution in [0, 0.1) is 0 Å². The zero-order valence-electron chi connectivity index (χ0n) is 7.60. The van der Waals surface area contributed by atoms with Crippen molar-refractivity contribution in [1.29, 1.82) is 0 Å². The summed E-state index contributed by atoms with van der Waals surface area (Å²) in [7, 11) is 0. The first kappa shape index (κ1) is 9.40. The molecule has 0 spiro atoms. The van der Waals surface area contributed by atoms with Crippen molar-refractivity contribution in [1.82, 2.24) is 0 Å². The predicted octanol–water partition coefficient (Wildman–Crippen LogP) is 1.68. The monoisotopic (exact) mass is 209 g/mol. The molecule has 1 aromatic rings. The number of esters is 1. The lowest BCUT2D eigenvalue weighted by Crippen LogP contribution is -2.09. The number of hydrogen-bond acceptors (Lipinski definition) is 4. The largest absolute Gasteiger partial charge is 0.465 e. The van der Waals surface area contributed by atoms with Crippen LogP contribution in [-0.4, -0.2) is 17.8 Å². The lowest BCUT2D eigenvalue weighted by molar-refractivity contribution is -0.137. The lowest BCUT2D eigenvalue weighted by Gasteiger charge is -2.07. The van der Waals surface area contributed by atoms with Gasteiger partial charge in [0.2, 0.25) is 0 Å². The van der Waals surface area contributed by atoms with Crippen LogP contribution in [0.3, 0.4) is 0 Å². The number of thioether (sulfide) groups is 1. The van der Waals surface area contributed by atoms with Crippen molar-refractivity contribution < 1.29 is 9.53 Å². The van der Waals surface area contributed by atoms with E-state index in [0.29, 0.717) is 6.61 Å². The van der Waals surface area contributed by atoms with Crippen LogP contribution in [0.4, 0.5) is 5.69 Å². The number of carbonyl (C=O) groups excluding carboxylic acids is 1. The zero-order chi connectivity index (χ0) is 9.97. The number of nitrogens with two attached hydrogens (primary N) is 1. The number of hydrogen-bond donors (Lipinski definition) is 1. The van der Waals surface area contributed by atoms with Gasteiger partial charge >= 0.3 is 5.97 Å². The molecule has 0 radical (unpaired) electrons. The van der Waals surface area contributed by atoms with Crippen LogP contribution in [0.1, 0.15) is 6.42 Å². The molecular weight excluding hydrogens is 198 g/mol. The normalized spacial score (nSPS) is 20.9.